The zero-order chi connectivity index (χ0) is 14.4. The lowest BCUT2D eigenvalue weighted by Gasteiger charge is -2.22. The monoisotopic (exact) mass is 301 g/mol. The first-order valence-electron chi connectivity index (χ1n) is 7.04. The molecule has 0 amide bonds. The maximum atomic E-state index is 6.25. The third kappa shape index (κ3) is 6.16. The average molecular weight is 302 g/mol. The summed E-state index contributed by atoms with van der Waals surface area (Å²) in [6.07, 6.45) is 0.974. The second kappa shape index (κ2) is 8.14. The summed E-state index contributed by atoms with van der Waals surface area (Å²) < 4.78 is 0. The molecule has 1 unspecified atom stereocenters. The molecule has 3 heteroatoms. The second-order valence-corrected chi connectivity index (χ2v) is 6.84. The Morgan fingerprint density at radius 3 is 2.32 bits per heavy atom. The van der Waals surface area contributed by atoms with Crippen molar-refractivity contribution < 1.29 is 0 Å². The molecule has 0 saturated carbocycles. The largest absolute Gasteiger partial charge is 0.316 e. The molecule has 1 atom stereocenters. The van der Waals surface area contributed by atoms with E-state index >= 15 is 0 Å². The van der Waals surface area contributed by atoms with Crippen LogP contribution < -0.4 is 5.32 Å². The summed E-state index contributed by atoms with van der Waals surface area (Å²) in [6, 6.07) is 5.72. The topological polar surface area (TPSA) is 12.0 Å². The van der Waals surface area contributed by atoms with Crippen molar-refractivity contribution in [1.82, 2.24) is 5.32 Å². The first-order chi connectivity index (χ1) is 8.90. The number of halogens is 2. The fourth-order valence-corrected chi connectivity index (χ4v) is 2.47. The predicted molar refractivity (Wildman–Crippen MR) is 86.2 cm³/mol. The van der Waals surface area contributed by atoms with Crippen LogP contribution in [0, 0.1) is 17.8 Å². The van der Waals surface area contributed by atoms with E-state index in [2.05, 4.69) is 33.0 Å². The maximum Gasteiger partial charge on any atom is 0.0439 e. The molecular weight excluding hydrogens is 277 g/mol. The number of hydrogen-bond acceptors (Lipinski definition) is 1. The van der Waals surface area contributed by atoms with Crippen molar-refractivity contribution in [2.75, 3.05) is 13.1 Å². The molecule has 0 heterocycles. The molecule has 1 aromatic rings. The van der Waals surface area contributed by atoms with E-state index in [0.717, 1.165) is 35.1 Å². The van der Waals surface area contributed by atoms with Crippen LogP contribution in [-0.2, 0) is 6.42 Å². The SMILES string of the molecule is CC(C)CNCC(Cc1cc(Cl)ccc1Cl)C(C)C. The Kier molecular flexibility index (Phi) is 7.20. The smallest absolute Gasteiger partial charge is 0.0439 e. The van der Waals surface area contributed by atoms with E-state index in [4.69, 9.17) is 23.2 Å². The van der Waals surface area contributed by atoms with Crippen molar-refractivity contribution in [2.45, 2.75) is 34.1 Å². The van der Waals surface area contributed by atoms with Gasteiger partial charge in [-0.05, 0) is 61.0 Å². The van der Waals surface area contributed by atoms with Gasteiger partial charge in [0.1, 0.15) is 0 Å². The zero-order valence-electron chi connectivity index (χ0n) is 12.3. The standard InChI is InChI=1S/C16H25Cl2N/c1-11(2)9-19-10-14(12(3)4)7-13-8-15(17)5-6-16(13)18/h5-6,8,11-12,14,19H,7,9-10H2,1-4H3. The summed E-state index contributed by atoms with van der Waals surface area (Å²) in [5.41, 5.74) is 1.15. The molecule has 1 rings (SSSR count). The highest BCUT2D eigenvalue weighted by molar-refractivity contribution is 6.33. The zero-order valence-corrected chi connectivity index (χ0v) is 13.9. The lowest BCUT2D eigenvalue weighted by Crippen LogP contribution is -2.30. The van der Waals surface area contributed by atoms with Crippen molar-refractivity contribution >= 4 is 23.2 Å². The predicted octanol–water partition coefficient (Wildman–Crippen LogP) is 5.05. The number of benzene rings is 1. The Balaban J connectivity index is 2.64. The quantitative estimate of drug-likeness (QED) is 0.743. The minimum atomic E-state index is 0.578. The highest BCUT2D eigenvalue weighted by Crippen LogP contribution is 2.25. The van der Waals surface area contributed by atoms with Crippen molar-refractivity contribution in [3.63, 3.8) is 0 Å². The highest BCUT2D eigenvalue weighted by Gasteiger charge is 2.16. The van der Waals surface area contributed by atoms with Crippen LogP contribution in [0.3, 0.4) is 0 Å². The van der Waals surface area contributed by atoms with Gasteiger partial charge in [-0.1, -0.05) is 50.9 Å². The van der Waals surface area contributed by atoms with E-state index in [1.165, 1.54) is 0 Å². The van der Waals surface area contributed by atoms with Crippen LogP contribution in [0.2, 0.25) is 10.0 Å². The molecule has 0 fully saturated rings. The Morgan fingerprint density at radius 2 is 1.74 bits per heavy atom. The van der Waals surface area contributed by atoms with Crippen LogP contribution in [0.1, 0.15) is 33.3 Å². The molecule has 0 spiro atoms. The fourth-order valence-electron chi connectivity index (χ4n) is 2.08. The van der Waals surface area contributed by atoms with E-state index in [1.54, 1.807) is 0 Å². The number of rotatable bonds is 7. The molecule has 0 saturated heterocycles. The van der Waals surface area contributed by atoms with Gasteiger partial charge in [0.05, 0.1) is 0 Å². The molecule has 1 aromatic carbocycles. The summed E-state index contributed by atoms with van der Waals surface area (Å²) in [5, 5.41) is 5.12. The molecule has 0 radical (unpaired) electrons. The fraction of sp³-hybridized carbons (Fsp3) is 0.625. The molecule has 1 N–H and O–H groups in total. The Hall–Kier alpha value is -0.240. The van der Waals surface area contributed by atoms with Gasteiger partial charge in [0.15, 0.2) is 0 Å². The van der Waals surface area contributed by atoms with Gasteiger partial charge in [0.25, 0.3) is 0 Å². The van der Waals surface area contributed by atoms with Crippen LogP contribution in [0.25, 0.3) is 0 Å². The van der Waals surface area contributed by atoms with Crippen LogP contribution in [0.4, 0.5) is 0 Å². The van der Waals surface area contributed by atoms with Gasteiger partial charge in [0, 0.05) is 10.0 Å². The minimum Gasteiger partial charge on any atom is -0.316 e. The van der Waals surface area contributed by atoms with Crippen molar-refractivity contribution in [1.29, 1.82) is 0 Å². The van der Waals surface area contributed by atoms with Gasteiger partial charge in [-0.25, -0.2) is 0 Å². The van der Waals surface area contributed by atoms with Gasteiger partial charge < -0.3 is 5.32 Å². The molecule has 19 heavy (non-hydrogen) atoms. The molecule has 1 nitrogen and oxygen atoms in total. The molecule has 0 bridgehead atoms. The Bertz CT molecular complexity index is 388. The number of hydrogen-bond donors (Lipinski definition) is 1. The van der Waals surface area contributed by atoms with Crippen molar-refractivity contribution in [3.8, 4) is 0 Å². The Morgan fingerprint density at radius 1 is 1.05 bits per heavy atom. The van der Waals surface area contributed by atoms with Gasteiger partial charge in [-0.3, -0.25) is 0 Å². The van der Waals surface area contributed by atoms with E-state index in [-0.39, 0.29) is 0 Å². The van der Waals surface area contributed by atoms with Gasteiger partial charge >= 0.3 is 0 Å². The van der Waals surface area contributed by atoms with Crippen LogP contribution in [0.5, 0.6) is 0 Å². The Labute approximate surface area is 127 Å². The van der Waals surface area contributed by atoms with Crippen molar-refractivity contribution in [3.05, 3.63) is 33.8 Å². The van der Waals surface area contributed by atoms with Gasteiger partial charge in [0.2, 0.25) is 0 Å². The van der Waals surface area contributed by atoms with Crippen LogP contribution >= 0.6 is 23.2 Å². The summed E-state index contributed by atoms with van der Waals surface area (Å²) in [7, 11) is 0. The molecule has 0 aliphatic rings. The molecule has 0 aromatic heterocycles. The normalized spacial score (nSPS) is 13.3. The van der Waals surface area contributed by atoms with Gasteiger partial charge in [-0.2, -0.15) is 0 Å². The van der Waals surface area contributed by atoms with Gasteiger partial charge in [-0.15, -0.1) is 0 Å². The molecule has 108 valence electrons. The summed E-state index contributed by atoms with van der Waals surface area (Å²) in [6.45, 7) is 11.1. The maximum absolute atomic E-state index is 6.25. The average Bonchev–Trinajstić information content (AvgIpc) is 2.31. The van der Waals surface area contributed by atoms with Crippen LogP contribution in [0.15, 0.2) is 18.2 Å². The minimum absolute atomic E-state index is 0.578. The highest BCUT2D eigenvalue weighted by atomic mass is 35.5. The molecular formula is C16H25Cl2N. The lowest BCUT2D eigenvalue weighted by atomic mass is 9.89. The third-order valence-electron chi connectivity index (χ3n) is 3.39. The van der Waals surface area contributed by atoms with E-state index in [1.807, 2.05) is 18.2 Å². The first kappa shape index (κ1) is 16.8. The molecule has 0 aliphatic carbocycles. The summed E-state index contributed by atoms with van der Waals surface area (Å²) in [5.74, 6) is 1.88. The van der Waals surface area contributed by atoms with Crippen molar-refractivity contribution in [2.24, 2.45) is 17.8 Å². The summed E-state index contributed by atoms with van der Waals surface area (Å²) in [4.78, 5) is 0. The second-order valence-electron chi connectivity index (χ2n) is 6.00. The van der Waals surface area contributed by atoms with Crippen LogP contribution in [-0.4, -0.2) is 13.1 Å². The third-order valence-corrected chi connectivity index (χ3v) is 4.00. The van der Waals surface area contributed by atoms with E-state index in [9.17, 15) is 0 Å². The molecule has 0 aliphatic heterocycles. The van der Waals surface area contributed by atoms with E-state index in [0.29, 0.717) is 17.8 Å². The lowest BCUT2D eigenvalue weighted by molar-refractivity contribution is 0.352. The first-order valence-corrected chi connectivity index (χ1v) is 7.80. The summed E-state index contributed by atoms with van der Waals surface area (Å²) >= 11 is 12.3. The number of nitrogens with one attached hydrogen (secondary N) is 1. The van der Waals surface area contributed by atoms with E-state index < -0.39 is 0 Å².